The molecule has 0 aliphatic carbocycles. The Labute approximate surface area is 121 Å². The van der Waals surface area contributed by atoms with Gasteiger partial charge in [-0.05, 0) is 31.2 Å². The third kappa shape index (κ3) is 3.01. The van der Waals surface area contributed by atoms with Crippen LogP contribution < -0.4 is 5.73 Å². The van der Waals surface area contributed by atoms with E-state index in [2.05, 4.69) is 0 Å². The predicted molar refractivity (Wildman–Crippen MR) is 76.5 cm³/mol. The Kier molecular flexibility index (Phi) is 4.23. The largest absolute Gasteiger partial charge is 0.461 e. The molecule has 0 fully saturated rings. The highest BCUT2D eigenvalue weighted by Gasteiger charge is 2.12. The smallest absolute Gasteiger partial charge is 0.135 e. The molecule has 1 atom stereocenters. The molecule has 1 aromatic carbocycles. The molecule has 96 valence electrons. The van der Waals surface area contributed by atoms with Crippen LogP contribution in [0.3, 0.4) is 0 Å². The van der Waals surface area contributed by atoms with Crippen LogP contribution in [0.5, 0.6) is 0 Å². The zero-order chi connectivity index (χ0) is 13.3. The molecule has 1 unspecified atom stereocenters. The molecule has 2 rings (SSSR count). The standard InChI is InChI=1S/C13H12Cl3NO/c1-7(17)4-8-2-3-13(18-8)9-5-11(15)12(16)6-10(9)14/h2-3,5-7H,4,17H2,1H3. The van der Waals surface area contributed by atoms with E-state index in [-0.39, 0.29) is 6.04 Å². The molecular formula is C13H12Cl3NO. The quantitative estimate of drug-likeness (QED) is 0.828. The van der Waals surface area contributed by atoms with Crippen molar-refractivity contribution in [2.45, 2.75) is 19.4 Å². The molecule has 18 heavy (non-hydrogen) atoms. The van der Waals surface area contributed by atoms with E-state index in [1.54, 1.807) is 12.1 Å². The van der Waals surface area contributed by atoms with E-state index in [1.807, 2.05) is 19.1 Å². The van der Waals surface area contributed by atoms with E-state index in [9.17, 15) is 0 Å². The van der Waals surface area contributed by atoms with Crippen LogP contribution in [0.4, 0.5) is 0 Å². The highest BCUT2D eigenvalue weighted by Crippen LogP contribution is 2.36. The van der Waals surface area contributed by atoms with Gasteiger partial charge in [-0.1, -0.05) is 34.8 Å². The summed E-state index contributed by atoms with van der Waals surface area (Å²) in [7, 11) is 0. The summed E-state index contributed by atoms with van der Waals surface area (Å²) in [4.78, 5) is 0. The average molecular weight is 305 g/mol. The van der Waals surface area contributed by atoms with Crippen LogP contribution in [0.15, 0.2) is 28.7 Å². The highest BCUT2D eigenvalue weighted by molar-refractivity contribution is 6.44. The normalized spacial score (nSPS) is 12.7. The molecule has 0 amide bonds. The lowest BCUT2D eigenvalue weighted by molar-refractivity contribution is 0.503. The molecule has 1 aromatic heterocycles. The summed E-state index contributed by atoms with van der Waals surface area (Å²) >= 11 is 18.0. The van der Waals surface area contributed by atoms with Gasteiger partial charge in [0.1, 0.15) is 11.5 Å². The third-order valence-electron chi connectivity index (χ3n) is 2.46. The van der Waals surface area contributed by atoms with Gasteiger partial charge in [0.25, 0.3) is 0 Å². The van der Waals surface area contributed by atoms with Crippen LogP contribution >= 0.6 is 34.8 Å². The molecule has 0 bridgehead atoms. The first-order valence-corrected chi connectivity index (χ1v) is 6.60. The lowest BCUT2D eigenvalue weighted by atomic mass is 10.2. The average Bonchev–Trinajstić information content (AvgIpc) is 2.70. The second kappa shape index (κ2) is 5.54. The Morgan fingerprint density at radius 3 is 2.44 bits per heavy atom. The van der Waals surface area contributed by atoms with Gasteiger partial charge in [-0.3, -0.25) is 0 Å². The second-order valence-corrected chi connectivity index (χ2v) is 5.42. The maximum atomic E-state index is 6.12. The van der Waals surface area contributed by atoms with Crippen molar-refractivity contribution in [3.8, 4) is 11.3 Å². The number of hydrogen-bond acceptors (Lipinski definition) is 2. The van der Waals surface area contributed by atoms with Crippen LogP contribution in [0.2, 0.25) is 15.1 Å². The van der Waals surface area contributed by atoms with Crippen molar-refractivity contribution in [1.29, 1.82) is 0 Å². The molecule has 0 spiro atoms. The maximum Gasteiger partial charge on any atom is 0.135 e. The van der Waals surface area contributed by atoms with Crippen molar-refractivity contribution in [1.82, 2.24) is 0 Å². The van der Waals surface area contributed by atoms with Gasteiger partial charge < -0.3 is 10.2 Å². The van der Waals surface area contributed by atoms with Crippen molar-refractivity contribution in [3.63, 3.8) is 0 Å². The van der Waals surface area contributed by atoms with Crippen LogP contribution in [0.1, 0.15) is 12.7 Å². The highest BCUT2D eigenvalue weighted by atomic mass is 35.5. The van der Waals surface area contributed by atoms with Gasteiger partial charge in [0, 0.05) is 18.0 Å². The molecule has 0 aliphatic rings. The minimum absolute atomic E-state index is 0.0493. The summed E-state index contributed by atoms with van der Waals surface area (Å²) in [5.74, 6) is 1.48. The van der Waals surface area contributed by atoms with E-state index in [4.69, 9.17) is 45.0 Å². The molecule has 0 aliphatic heterocycles. The third-order valence-corrected chi connectivity index (χ3v) is 3.50. The Morgan fingerprint density at radius 2 is 1.78 bits per heavy atom. The summed E-state index contributed by atoms with van der Waals surface area (Å²) in [5, 5.41) is 1.38. The van der Waals surface area contributed by atoms with Crippen molar-refractivity contribution in [2.75, 3.05) is 0 Å². The first-order valence-electron chi connectivity index (χ1n) is 5.46. The molecule has 2 N–H and O–H groups in total. The van der Waals surface area contributed by atoms with E-state index in [1.165, 1.54) is 0 Å². The maximum absolute atomic E-state index is 6.12. The van der Waals surface area contributed by atoms with Crippen molar-refractivity contribution < 1.29 is 4.42 Å². The summed E-state index contributed by atoms with van der Waals surface area (Å²) in [6, 6.07) is 7.09. The van der Waals surface area contributed by atoms with Crippen molar-refractivity contribution in [2.24, 2.45) is 5.73 Å². The van der Waals surface area contributed by atoms with Gasteiger partial charge in [0.05, 0.1) is 15.1 Å². The fourth-order valence-corrected chi connectivity index (χ4v) is 2.30. The van der Waals surface area contributed by atoms with E-state index >= 15 is 0 Å². The van der Waals surface area contributed by atoms with E-state index < -0.39 is 0 Å². The second-order valence-electron chi connectivity index (χ2n) is 4.19. The Bertz CT molecular complexity index is 563. The topological polar surface area (TPSA) is 39.2 Å². The zero-order valence-corrected chi connectivity index (χ0v) is 12.0. The van der Waals surface area contributed by atoms with Crippen LogP contribution in [0, 0.1) is 0 Å². The van der Waals surface area contributed by atoms with Gasteiger partial charge in [-0.25, -0.2) is 0 Å². The number of hydrogen-bond donors (Lipinski definition) is 1. The molecule has 2 nitrogen and oxygen atoms in total. The van der Waals surface area contributed by atoms with Gasteiger partial charge in [-0.2, -0.15) is 0 Å². The molecule has 5 heteroatoms. The van der Waals surface area contributed by atoms with Crippen molar-refractivity contribution >= 4 is 34.8 Å². The number of benzene rings is 1. The minimum atomic E-state index is 0.0493. The summed E-state index contributed by atoms with van der Waals surface area (Å²) in [6.45, 7) is 1.92. The van der Waals surface area contributed by atoms with Crippen LogP contribution in [0.25, 0.3) is 11.3 Å². The summed E-state index contributed by atoms with van der Waals surface area (Å²) in [6.07, 6.45) is 0.680. The number of halogens is 3. The SMILES string of the molecule is CC(N)Cc1ccc(-c2cc(Cl)c(Cl)cc2Cl)o1. The molecule has 0 saturated heterocycles. The molecule has 1 heterocycles. The Balaban J connectivity index is 2.37. The Morgan fingerprint density at radius 1 is 1.11 bits per heavy atom. The first-order chi connectivity index (χ1) is 8.47. The summed E-state index contributed by atoms with van der Waals surface area (Å²) in [5.41, 5.74) is 6.45. The first kappa shape index (κ1) is 13.8. The predicted octanol–water partition coefficient (Wildman–Crippen LogP) is 4.80. The van der Waals surface area contributed by atoms with Gasteiger partial charge in [-0.15, -0.1) is 0 Å². The number of nitrogens with two attached hydrogens (primary N) is 1. The number of rotatable bonds is 3. The lowest BCUT2D eigenvalue weighted by Gasteiger charge is -2.04. The Hall–Kier alpha value is -0.670. The molecule has 0 saturated carbocycles. The molecular weight excluding hydrogens is 293 g/mol. The van der Waals surface area contributed by atoms with Gasteiger partial charge in [0.15, 0.2) is 0 Å². The van der Waals surface area contributed by atoms with Crippen LogP contribution in [-0.2, 0) is 6.42 Å². The fourth-order valence-electron chi connectivity index (χ4n) is 1.66. The van der Waals surface area contributed by atoms with Crippen molar-refractivity contribution in [3.05, 3.63) is 45.1 Å². The van der Waals surface area contributed by atoms with Gasteiger partial charge >= 0.3 is 0 Å². The number of furan rings is 1. The van der Waals surface area contributed by atoms with E-state index in [0.717, 1.165) is 11.3 Å². The summed E-state index contributed by atoms with van der Waals surface area (Å²) < 4.78 is 5.69. The zero-order valence-electron chi connectivity index (χ0n) is 9.71. The van der Waals surface area contributed by atoms with Gasteiger partial charge in [0.2, 0.25) is 0 Å². The van der Waals surface area contributed by atoms with E-state index in [0.29, 0.717) is 27.2 Å². The lowest BCUT2D eigenvalue weighted by Crippen LogP contribution is -2.17. The molecule has 2 aromatic rings. The minimum Gasteiger partial charge on any atom is -0.461 e. The molecule has 0 radical (unpaired) electrons. The fraction of sp³-hybridized carbons (Fsp3) is 0.231. The van der Waals surface area contributed by atoms with Crippen LogP contribution in [-0.4, -0.2) is 6.04 Å². The monoisotopic (exact) mass is 303 g/mol.